The SMILES string of the molecule is CC1=NCCOCCOCCN=C(C)c2cccc1n2.CN(C)c1ccc(N=Nc2ccc(S(=O)(=O)[O-])cc2)cc1.CN(C)c1ccc(N=Nc2ccc(S(=O)(=O)[O-])cc2)cc1.O.[Fe+2].[OH3+].[OH3+]. The van der Waals surface area contributed by atoms with Crippen LogP contribution in [0.15, 0.2) is 155 Å². The summed E-state index contributed by atoms with van der Waals surface area (Å²) in [6, 6.07) is 31.5. The maximum Gasteiger partial charge on any atom is 2.00 e. The summed E-state index contributed by atoms with van der Waals surface area (Å²) >= 11 is 0. The Morgan fingerprint density at radius 3 is 1.06 bits per heavy atom. The van der Waals surface area contributed by atoms with E-state index in [0.717, 1.165) is 34.2 Å². The molecule has 5 aromatic rings. The quantitative estimate of drug-likeness (QED) is 0.0839. The molecule has 8 N–H and O–H groups in total. The van der Waals surface area contributed by atoms with Crippen LogP contribution in [0.2, 0.25) is 0 Å². The van der Waals surface area contributed by atoms with Crippen molar-refractivity contribution >= 4 is 65.8 Å². The summed E-state index contributed by atoms with van der Waals surface area (Å²) in [6.07, 6.45) is 0. The van der Waals surface area contributed by atoms with Crippen molar-refractivity contribution in [3.63, 3.8) is 0 Å². The van der Waals surface area contributed by atoms with Crippen LogP contribution in [0.4, 0.5) is 34.1 Å². The number of aliphatic imine (C=N–C) groups is 2. The second kappa shape index (κ2) is 29.8. The van der Waals surface area contributed by atoms with Crippen LogP contribution < -0.4 is 9.80 Å². The van der Waals surface area contributed by atoms with E-state index in [1.807, 2.05) is 119 Å². The molecule has 1 aromatic heterocycles. The third-order valence-corrected chi connectivity index (χ3v) is 10.3. The topological polar surface area (TPSA) is 324 Å². The van der Waals surface area contributed by atoms with Crippen LogP contribution in [-0.4, -0.2) is 116 Å². The van der Waals surface area contributed by atoms with E-state index in [1.165, 1.54) is 48.5 Å². The first-order valence-electron chi connectivity index (χ1n) is 19.1. The molecule has 4 aromatic carbocycles. The van der Waals surface area contributed by atoms with Gasteiger partial charge in [-0.1, -0.05) is 6.07 Å². The maximum atomic E-state index is 10.8. The molecule has 20 nitrogen and oxygen atoms in total. The number of anilines is 2. The number of azo groups is 2. The van der Waals surface area contributed by atoms with E-state index < -0.39 is 20.2 Å². The van der Waals surface area contributed by atoms with Gasteiger partial charge in [0.2, 0.25) is 0 Å². The Morgan fingerprint density at radius 1 is 0.500 bits per heavy atom. The minimum atomic E-state index is -4.43. The molecule has 23 heteroatoms. The fraction of sp³-hybridized carbons (Fsp3) is 0.279. The van der Waals surface area contributed by atoms with Crippen LogP contribution in [0.25, 0.3) is 0 Å². The van der Waals surface area contributed by atoms with E-state index in [9.17, 15) is 25.9 Å². The van der Waals surface area contributed by atoms with E-state index in [-0.39, 0.29) is 43.3 Å². The van der Waals surface area contributed by atoms with Gasteiger partial charge in [0, 0.05) is 39.6 Å². The number of hydrogen-bond acceptors (Lipinski definition) is 17. The molecule has 0 aliphatic carbocycles. The molecule has 0 atom stereocenters. The molecule has 66 heavy (non-hydrogen) atoms. The Balaban J connectivity index is 0.000000932. The first kappa shape index (κ1) is 60.3. The Bertz CT molecular complexity index is 2370. The van der Waals surface area contributed by atoms with Crippen molar-refractivity contribution in [1.29, 1.82) is 0 Å². The predicted molar refractivity (Wildman–Crippen MR) is 252 cm³/mol. The summed E-state index contributed by atoms with van der Waals surface area (Å²) in [6.45, 7) is 7.65. The number of nitrogens with zero attached hydrogens (tertiary/aromatic N) is 9. The number of ether oxygens (including phenoxy) is 2. The van der Waals surface area contributed by atoms with E-state index >= 15 is 0 Å². The van der Waals surface area contributed by atoms with Crippen molar-refractivity contribution in [2.45, 2.75) is 23.6 Å². The number of pyridine rings is 1. The standard InChI is InChI=1S/C15H21N3O2.2C14H15N3O3S.Fe.3H2O/c1-12-14-4-3-5-15(18-14)13(2)17-7-9-20-11-10-19-8-6-16-12;2*1-17(2)13-7-3-11(4-8-13)15-16-12-5-9-14(10-6-12)21(18,19)20;;;;/h3-5H,6-11H2,1-2H3;2*3-10H,1-2H3,(H,18,19,20);;3*1H2/q;;;+2;;;. The second-order valence-electron chi connectivity index (χ2n) is 13.7. The normalized spacial score (nSPS) is 13.1. The van der Waals surface area contributed by atoms with Crippen molar-refractivity contribution in [2.24, 2.45) is 30.4 Å². The average molecular weight is 996 g/mol. The molecule has 0 saturated carbocycles. The smallest absolute Gasteiger partial charge is 0.744 e. The van der Waals surface area contributed by atoms with Gasteiger partial charge in [-0.05, 0) is 123 Å². The molecule has 0 saturated heterocycles. The molecule has 0 unspecified atom stereocenters. The molecule has 0 radical (unpaired) electrons. The zero-order chi connectivity index (χ0) is 45.1. The molecule has 358 valence electrons. The summed E-state index contributed by atoms with van der Waals surface area (Å²) in [5.74, 6) is 0. The van der Waals surface area contributed by atoms with Gasteiger partial charge in [0.15, 0.2) is 0 Å². The van der Waals surface area contributed by atoms with Crippen molar-refractivity contribution < 1.29 is 68.9 Å². The third-order valence-electron chi connectivity index (χ3n) is 8.58. The minimum absolute atomic E-state index is 0. The first-order chi connectivity index (χ1) is 29.5. The number of aromatic nitrogens is 1. The van der Waals surface area contributed by atoms with E-state index in [4.69, 9.17) is 9.47 Å². The van der Waals surface area contributed by atoms with E-state index in [2.05, 4.69) is 35.4 Å². The predicted octanol–water partition coefficient (Wildman–Crippen LogP) is 5.22. The van der Waals surface area contributed by atoms with Crippen molar-refractivity contribution in [1.82, 2.24) is 4.98 Å². The number of benzene rings is 4. The van der Waals surface area contributed by atoms with Gasteiger partial charge in [-0.3, -0.25) is 9.98 Å². The Kier molecular flexibility index (Phi) is 27.2. The third kappa shape index (κ3) is 21.1. The Labute approximate surface area is 396 Å². The van der Waals surface area contributed by atoms with Gasteiger partial charge in [-0.25, -0.2) is 21.8 Å². The Morgan fingerprint density at radius 2 is 0.788 bits per heavy atom. The number of rotatable bonds is 8. The van der Waals surface area contributed by atoms with E-state index in [0.29, 0.717) is 62.3 Å². The van der Waals surface area contributed by atoms with Crippen LogP contribution in [0, 0.1) is 0 Å². The molecule has 2 heterocycles. The molecule has 0 fully saturated rings. The zero-order valence-corrected chi connectivity index (χ0v) is 40.1. The Hall–Kier alpha value is -5.69. The van der Waals surface area contributed by atoms with Crippen LogP contribution >= 0.6 is 0 Å². The maximum absolute atomic E-state index is 10.8. The second-order valence-corrected chi connectivity index (χ2v) is 16.4. The van der Waals surface area contributed by atoms with Crippen molar-refractivity contribution in [3.8, 4) is 0 Å². The first-order valence-corrected chi connectivity index (χ1v) is 22.0. The van der Waals surface area contributed by atoms with Crippen LogP contribution in [0.3, 0.4) is 0 Å². The molecule has 2 bridgehead atoms. The van der Waals surface area contributed by atoms with E-state index in [1.54, 1.807) is 0 Å². The summed E-state index contributed by atoms with van der Waals surface area (Å²) in [7, 11) is -1.07. The molecule has 0 amide bonds. The summed E-state index contributed by atoms with van der Waals surface area (Å²) in [5.41, 5.74) is 8.05. The van der Waals surface area contributed by atoms with Gasteiger partial charge < -0.3 is 44.8 Å². The minimum Gasteiger partial charge on any atom is -0.744 e. The monoisotopic (exact) mass is 995 g/mol. The number of fused-ring (bicyclic) bond motifs is 2. The van der Waals surface area contributed by atoms with Gasteiger partial charge >= 0.3 is 17.1 Å². The van der Waals surface area contributed by atoms with Crippen molar-refractivity contribution in [3.05, 3.63) is 127 Å². The fourth-order valence-corrected chi connectivity index (χ4v) is 6.04. The molecule has 1 aliphatic rings. The molecule has 6 rings (SSSR count). The summed E-state index contributed by atoms with van der Waals surface area (Å²) in [5, 5.41) is 16.1. The fourth-order valence-electron chi connectivity index (χ4n) is 5.10. The average Bonchev–Trinajstić information content (AvgIpc) is 3.26. The molecule has 0 spiro atoms. The number of hydrogen-bond donors (Lipinski definition) is 0. The van der Waals surface area contributed by atoms with Gasteiger partial charge in [-0.2, -0.15) is 20.5 Å². The largest absolute Gasteiger partial charge is 2.00 e. The van der Waals surface area contributed by atoms with Gasteiger partial charge in [-0.15, -0.1) is 0 Å². The van der Waals surface area contributed by atoms with Crippen molar-refractivity contribution in [2.75, 3.05) is 77.5 Å². The van der Waals surface area contributed by atoms with Gasteiger partial charge in [0.25, 0.3) is 0 Å². The van der Waals surface area contributed by atoms with Crippen LogP contribution in [0.1, 0.15) is 25.2 Å². The van der Waals surface area contributed by atoms with Crippen LogP contribution in [-0.2, 0) is 57.7 Å². The van der Waals surface area contributed by atoms with Gasteiger partial charge in [0.1, 0.15) is 20.2 Å². The summed E-state index contributed by atoms with van der Waals surface area (Å²) < 4.78 is 75.7. The molecular formula is C43H57FeN9O11S2+2. The molecular weight excluding hydrogens is 939 g/mol. The van der Waals surface area contributed by atoms with Gasteiger partial charge in [0.05, 0.1) is 94.9 Å². The summed E-state index contributed by atoms with van der Waals surface area (Å²) in [4.78, 5) is 17.0. The molecule has 1 aliphatic heterocycles. The van der Waals surface area contributed by atoms with Crippen LogP contribution in [0.5, 0.6) is 0 Å². The zero-order valence-electron chi connectivity index (χ0n) is 37.3.